The van der Waals surface area contributed by atoms with E-state index in [4.69, 9.17) is 11.6 Å². The number of halogens is 2. The highest BCUT2D eigenvalue weighted by atomic mass is 35.5. The van der Waals surface area contributed by atoms with Gasteiger partial charge in [0.15, 0.2) is 0 Å². The third-order valence-corrected chi connectivity index (χ3v) is 4.08. The SMILES string of the molecule is CCCNCC1CCCN1Cc1c(F)cccc1Cl. The van der Waals surface area contributed by atoms with Gasteiger partial charge in [-0.3, -0.25) is 4.90 Å². The van der Waals surface area contributed by atoms with Gasteiger partial charge in [0.2, 0.25) is 0 Å². The van der Waals surface area contributed by atoms with Crippen molar-refractivity contribution in [3.8, 4) is 0 Å². The Kier molecular flexibility index (Phi) is 5.61. The fourth-order valence-corrected chi connectivity index (χ4v) is 2.89. The molecule has 0 bridgehead atoms. The maximum Gasteiger partial charge on any atom is 0.129 e. The van der Waals surface area contributed by atoms with Crippen LogP contribution in [0.25, 0.3) is 0 Å². The first-order valence-corrected chi connectivity index (χ1v) is 7.47. The molecular formula is C15H22ClFN2. The minimum Gasteiger partial charge on any atom is -0.315 e. The van der Waals surface area contributed by atoms with Gasteiger partial charge in [0.05, 0.1) is 0 Å². The molecule has 1 unspecified atom stereocenters. The van der Waals surface area contributed by atoms with Gasteiger partial charge < -0.3 is 5.32 Å². The van der Waals surface area contributed by atoms with Gasteiger partial charge in [0.1, 0.15) is 5.82 Å². The average molecular weight is 285 g/mol. The summed E-state index contributed by atoms with van der Waals surface area (Å²) >= 11 is 6.10. The highest BCUT2D eigenvalue weighted by Crippen LogP contribution is 2.25. The molecule has 0 saturated carbocycles. The summed E-state index contributed by atoms with van der Waals surface area (Å²) in [4.78, 5) is 2.34. The molecule has 1 heterocycles. The zero-order chi connectivity index (χ0) is 13.7. The van der Waals surface area contributed by atoms with Crippen molar-refractivity contribution in [1.82, 2.24) is 10.2 Å². The summed E-state index contributed by atoms with van der Waals surface area (Å²) in [6.45, 7) is 5.84. The van der Waals surface area contributed by atoms with E-state index in [0.717, 1.165) is 26.1 Å². The second-order valence-corrected chi connectivity index (χ2v) is 5.58. The highest BCUT2D eigenvalue weighted by molar-refractivity contribution is 6.31. The molecule has 2 rings (SSSR count). The Morgan fingerprint density at radius 2 is 2.32 bits per heavy atom. The molecule has 1 aromatic rings. The van der Waals surface area contributed by atoms with Crippen LogP contribution in [0.1, 0.15) is 31.7 Å². The van der Waals surface area contributed by atoms with Crippen LogP contribution in [0.15, 0.2) is 18.2 Å². The van der Waals surface area contributed by atoms with Crippen LogP contribution in [0.3, 0.4) is 0 Å². The maximum atomic E-state index is 13.8. The number of hydrogen-bond donors (Lipinski definition) is 1. The molecule has 1 atom stereocenters. The fourth-order valence-electron chi connectivity index (χ4n) is 2.67. The summed E-state index contributed by atoms with van der Waals surface area (Å²) in [5.41, 5.74) is 0.631. The second-order valence-electron chi connectivity index (χ2n) is 5.17. The summed E-state index contributed by atoms with van der Waals surface area (Å²) in [6.07, 6.45) is 3.51. The Labute approximate surface area is 119 Å². The van der Waals surface area contributed by atoms with Crippen LogP contribution in [0.4, 0.5) is 4.39 Å². The number of likely N-dealkylation sites (tertiary alicyclic amines) is 1. The Bertz CT molecular complexity index is 391. The Morgan fingerprint density at radius 3 is 3.05 bits per heavy atom. The van der Waals surface area contributed by atoms with E-state index in [1.54, 1.807) is 12.1 Å². The minimum absolute atomic E-state index is 0.195. The first-order valence-electron chi connectivity index (χ1n) is 7.10. The Morgan fingerprint density at radius 1 is 1.47 bits per heavy atom. The first-order chi connectivity index (χ1) is 9.22. The van der Waals surface area contributed by atoms with Crippen LogP contribution in [-0.2, 0) is 6.54 Å². The molecule has 2 nitrogen and oxygen atoms in total. The van der Waals surface area contributed by atoms with Crippen molar-refractivity contribution in [2.75, 3.05) is 19.6 Å². The molecular weight excluding hydrogens is 263 g/mol. The van der Waals surface area contributed by atoms with Gasteiger partial charge in [0.25, 0.3) is 0 Å². The first kappa shape index (κ1) is 14.8. The normalized spacial score (nSPS) is 20.1. The number of benzene rings is 1. The van der Waals surface area contributed by atoms with Crippen molar-refractivity contribution in [2.45, 2.75) is 38.8 Å². The Hall–Kier alpha value is -0.640. The van der Waals surface area contributed by atoms with E-state index in [0.29, 0.717) is 23.2 Å². The highest BCUT2D eigenvalue weighted by Gasteiger charge is 2.25. The molecule has 1 fully saturated rings. The molecule has 0 aliphatic carbocycles. The van der Waals surface area contributed by atoms with Crippen molar-refractivity contribution in [3.05, 3.63) is 34.6 Å². The lowest BCUT2D eigenvalue weighted by Gasteiger charge is -2.25. The molecule has 19 heavy (non-hydrogen) atoms. The predicted molar refractivity (Wildman–Crippen MR) is 78.0 cm³/mol. The lowest BCUT2D eigenvalue weighted by Crippen LogP contribution is -2.38. The summed E-state index contributed by atoms with van der Waals surface area (Å²) in [5, 5.41) is 3.99. The zero-order valence-electron chi connectivity index (χ0n) is 11.5. The van der Waals surface area contributed by atoms with Gasteiger partial charge >= 0.3 is 0 Å². The predicted octanol–water partition coefficient (Wildman–Crippen LogP) is 3.44. The molecule has 1 N–H and O–H groups in total. The quantitative estimate of drug-likeness (QED) is 0.805. The topological polar surface area (TPSA) is 15.3 Å². The summed E-state index contributed by atoms with van der Waals surface area (Å²) in [6, 6.07) is 5.41. The second kappa shape index (κ2) is 7.22. The van der Waals surface area contributed by atoms with Crippen LogP contribution in [0.5, 0.6) is 0 Å². The van der Waals surface area contributed by atoms with Crippen LogP contribution in [-0.4, -0.2) is 30.6 Å². The number of hydrogen-bond acceptors (Lipinski definition) is 2. The van der Waals surface area contributed by atoms with Crippen LogP contribution < -0.4 is 5.32 Å². The van der Waals surface area contributed by atoms with Crippen molar-refractivity contribution in [3.63, 3.8) is 0 Å². The molecule has 1 aliphatic heterocycles. The number of rotatable bonds is 6. The summed E-state index contributed by atoms with van der Waals surface area (Å²) in [7, 11) is 0. The van der Waals surface area contributed by atoms with Crippen molar-refractivity contribution in [1.29, 1.82) is 0 Å². The molecule has 0 amide bonds. The van der Waals surface area contributed by atoms with Gasteiger partial charge in [-0.2, -0.15) is 0 Å². The molecule has 0 aromatic heterocycles. The zero-order valence-corrected chi connectivity index (χ0v) is 12.2. The molecule has 0 radical (unpaired) electrons. The maximum absolute atomic E-state index is 13.8. The monoisotopic (exact) mass is 284 g/mol. The minimum atomic E-state index is -0.195. The third kappa shape index (κ3) is 3.91. The van der Waals surface area contributed by atoms with E-state index < -0.39 is 0 Å². The van der Waals surface area contributed by atoms with Crippen LogP contribution in [0.2, 0.25) is 5.02 Å². The molecule has 1 aromatic carbocycles. The third-order valence-electron chi connectivity index (χ3n) is 3.73. The van der Waals surface area contributed by atoms with E-state index in [1.807, 2.05) is 0 Å². The van der Waals surface area contributed by atoms with Gasteiger partial charge in [-0.25, -0.2) is 4.39 Å². The lowest BCUT2D eigenvalue weighted by atomic mass is 10.1. The van der Waals surface area contributed by atoms with E-state index >= 15 is 0 Å². The van der Waals surface area contributed by atoms with Crippen molar-refractivity contribution >= 4 is 11.6 Å². The van der Waals surface area contributed by atoms with Crippen LogP contribution in [0, 0.1) is 5.82 Å². The van der Waals surface area contributed by atoms with E-state index in [1.165, 1.54) is 18.9 Å². The fraction of sp³-hybridized carbons (Fsp3) is 0.600. The average Bonchev–Trinajstić information content (AvgIpc) is 2.82. The molecule has 106 valence electrons. The summed E-state index contributed by atoms with van der Waals surface area (Å²) < 4.78 is 13.8. The molecule has 4 heteroatoms. The van der Waals surface area contributed by atoms with E-state index in [-0.39, 0.29) is 5.82 Å². The lowest BCUT2D eigenvalue weighted by molar-refractivity contribution is 0.236. The van der Waals surface area contributed by atoms with Crippen LogP contribution >= 0.6 is 11.6 Å². The van der Waals surface area contributed by atoms with Gasteiger partial charge in [-0.15, -0.1) is 0 Å². The molecule has 1 aliphatic rings. The van der Waals surface area contributed by atoms with Gasteiger partial charge in [-0.05, 0) is 44.5 Å². The molecule has 1 saturated heterocycles. The Balaban J connectivity index is 1.97. The standard InChI is InChI=1S/C15H22ClFN2/c1-2-8-18-10-12-5-4-9-19(12)11-13-14(16)6-3-7-15(13)17/h3,6-7,12,18H,2,4-5,8-11H2,1H3. The van der Waals surface area contributed by atoms with Crippen molar-refractivity contribution in [2.24, 2.45) is 0 Å². The largest absolute Gasteiger partial charge is 0.315 e. The van der Waals surface area contributed by atoms with E-state index in [9.17, 15) is 4.39 Å². The van der Waals surface area contributed by atoms with Gasteiger partial charge in [-0.1, -0.05) is 24.6 Å². The number of nitrogens with one attached hydrogen (secondary N) is 1. The summed E-state index contributed by atoms with van der Waals surface area (Å²) in [5.74, 6) is -0.195. The molecule has 0 spiro atoms. The smallest absolute Gasteiger partial charge is 0.129 e. The van der Waals surface area contributed by atoms with Gasteiger partial charge in [0, 0.05) is 29.7 Å². The van der Waals surface area contributed by atoms with E-state index in [2.05, 4.69) is 17.1 Å². The number of nitrogens with zero attached hydrogens (tertiary/aromatic N) is 1. The van der Waals surface area contributed by atoms with Crippen molar-refractivity contribution < 1.29 is 4.39 Å².